The Labute approximate surface area is 168 Å². The molecule has 3 rings (SSSR count). The number of ether oxygens (including phenoxy) is 1. The molecule has 0 fully saturated rings. The van der Waals surface area contributed by atoms with Crippen molar-refractivity contribution in [2.24, 2.45) is 0 Å². The van der Waals surface area contributed by atoms with Gasteiger partial charge in [-0.1, -0.05) is 45.9 Å². The molecule has 0 atom stereocenters. The van der Waals surface area contributed by atoms with Crippen LogP contribution in [0.3, 0.4) is 0 Å². The molecule has 0 radical (unpaired) electrons. The first-order chi connectivity index (χ1) is 13.0. The van der Waals surface area contributed by atoms with E-state index in [0.717, 1.165) is 28.9 Å². The summed E-state index contributed by atoms with van der Waals surface area (Å²) in [5, 5.41) is 9.08. The molecule has 3 nitrogen and oxygen atoms in total. The van der Waals surface area contributed by atoms with E-state index in [1.165, 1.54) is 17.5 Å². The maximum atomic E-state index is 11.1. The van der Waals surface area contributed by atoms with Gasteiger partial charge >= 0.3 is 5.97 Å². The molecule has 0 bridgehead atoms. The zero-order valence-electron chi connectivity index (χ0n) is 17.7. The van der Waals surface area contributed by atoms with Crippen LogP contribution < -0.4 is 4.74 Å². The highest BCUT2D eigenvalue weighted by molar-refractivity contribution is 5.89. The maximum absolute atomic E-state index is 11.1. The first-order valence-electron chi connectivity index (χ1n) is 9.80. The van der Waals surface area contributed by atoms with Crippen molar-refractivity contribution in [1.29, 1.82) is 0 Å². The molecule has 0 spiro atoms. The van der Waals surface area contributed by atoms with Gasteiger partial charge in [0.15, 0.2) is 0 Å². The summed E-state index contributed by atoms with van der Waals surface area (Å²) in [4.78, 5) is 11.1. The average molecular weight is 379 g/mol. The SMILES string of the molecule is COc1cc2c(cc1C(C)=Cc1ccc(C(=O)O)cc1)C(C)(C)CCC2(C)C. The molecule has 0 unspecified atom stereocenters. The van der Waals surface area contributed by atoms with E-state index in [2.05, 4.69) is 52.8 Å². The first kappa shape index (κ1) is 20.2. The van der Waals surface area contributed by atoms with E-state index in [4.69, 9.17) is 9.84 Å². The van der Waals surface area contributed by atoms with Crippen molar-refractivity contribution in [2.75, 3.05) is 7.11 Å². The number of fused-ring (bicyclic) bond motifs is 1. The minimum atomic E-state index is -0.909. The number of carbonyl (C=O) groups is 1. The highest BCUT2D eigenvalue weighted by Gasteiger charge is 2.37. The third-order valence-corrected chi connectivity index (χ3v) is 6.14. The molecule has 0 aromatic heterocycles. The van der Waals surface area contributed by atoms with Crippen molar-refractivity contribution in [3.8, 4) is 5.75 Å². The number of benzene rings is 2. The van der Waals surface area contributed by atoms with Crippen molar-refractivity contribution >= 4 is 17.6 Å². The lowest BCUT2D eigenvalue weighted by Gasteiger charge is -2.42. The van der Waals surface area contributed by atoms with Crippen molar-refractivity contribution in [1.82, 2.24) is 0 Å². The van der Waals surface area contributed by atoms with Crippen molar-refractivity contribution < 1.29 is 14.6 Å². The molecule has 1 N–H and O–H groups in total. The number of hydrogen-bond acceptors (Lipinski definition) is 2. The van der Waals surface area contributed by atoms with Crippen LogP contribution in [-0.4, -0.2) is 18.2 Å². The molecule has 0 saturated heterocycles. The van der Waals surface area contributed by atoms with Crippen molar-refractivity contribution in [2.45, 2.75) is 58.3 Å². The van der Waals surface area contributed by atoms with Gasteiger partial charge in [-0.05, 0) is 77.1 Å². The second-order valence-corrected chi connectivity index (χ2v) is 9.12. The average Bonchev–Trinajstić information content (AvgIpc) is 2.65. The van der Waals surface area contributed by atoms with Crippen LogP contribution in [0.15, 0.2) is 36.4 Å². The van der Waals surface area contributed by atoms with Crippen LogP contribution in [0.25, 0.3) is 11.6 Å². The van der Waals surface area contributed by atoms with E-state index in [1.54, 1.807) is 19.2 Å². The van der Waals surface area contributed by atoms with Gasteiger partial charge in [-0.25, -0.2) is 4.79 Å². The van der Waals surface area contributed by atoms with Gasteiger partial charge in [0.25, 0.3) is 0 Å². The molecule has 0 heterocycles. The quantitative estimate of drug-likeness (QED) is 0.635. The summed E-state index contributed by atoms with van der Waals surface area (Å²) < 4.78 is 5.76. The highest BCUT2D eigenvalue weighted by Crippen LogP contribution is 2.48. The standard InChI is InChI=1S/C25H30O3/c1-16(13-17-7-9-18(10-8-17)23(26)27)19-14-20-21(15-22(19)28-6)25(4,5)12-11-24(20,2)3/h7-10,13-15H,11-12H2,1-6H3,(H,26,27). The molecular weight excluding hydrogens is 348 g/mol. The van der Waals surface area contributed by atoms with Gasteiger partial charge in [0, 0.05) is 5.56 Å². The summed E-state index contributed by atoms with van der Waals surface area (Å²) in [5.74, 6) is -0.0196. The lowest BCUT2D eigenvalue weighted by Crippen LogP contribution is -2.34. The van der Waals surface area contributed by atoms with Crippen LogP contribution in [0, 0.1) is 0 Å². The summed E-state index contributed by atoms with van der Waals surface area (Å²) in [7, 11) is 1.72. The number of carboxylic acid groups (broad SMARTS) is 1. The molecule has 2 aromatic carbocycles. The number of hydrogen-bond donors (Lipinski definition) is 1. The van der Waals surface area contributed by atoms with Crippen LogP contribution in [0.4, 0.5) is 0 Å². The molecule has 1 aliphatic carbocycles. The number of methoxy groups -OCH3 is 1. The zero-order valence-corrected chi connectivity index (χ0v) is 17.7. The van der Waals surface area contributed by atoms with Gasteiger partial charge in [-0.3, -0.25) is 0 Å². The molecule has 3 heteroatoms. The Balaban J connectivity index is 2.09. The fourth-order valence-electron chi connectivity index (χ4n) is 4.12. The van der Waals surface area contributed by atoms with Crippen molar-refractivity contribution in [3.05, 3.63) is 64.2 Å². The molecule has 148 valence electrons. The Morgan fingerprint density at radius 2 is 1.54 bits per heavy atom. The molecule has 1 aliphatic rings. The lowest BCUT2D eigenvalue weighted by molar-refractivity contribution is 0.0697. The Morgan fingerprint density at radius 3 is 2.04 bits per heavy atom. The second kappa shape index (κ2) is 7.12. The van der Waals surface area contributed by atoms with E-state index in [1.807, 2.05) is 12.1 Å². The third-order valence-electron chi connectivity index (χ3n) is 6.14. The van der Waals surface area contributed by atoms with Crippen LogP contribution in [-0.2, 0) is 10.8 Å². The summed E-state index contributed by atoms with van der Waals surface area (Å²) in [6.07, 6.45) is 4.41. The Hall–Kier alpha value is -2.55. The van der Waals surface area contributed by atoms with Gasteiger partial charge in [-0.15, -0.1) is 0 Å². The lowest BCUT2D eigenvalue weighted by atomic mass is 9.62. The fraction of sp³-hybridized carbons (Fsp3) is 0.400. The number of aromatic carboxylic acids is 1. The van der Waals surface area contributed by atoms with E-state index in [0.29, 0.717) is 5.56 Å². The summed E-state index contributed by atoms with van der Waals surface area (Å²) in [6.45, 7) is 11.3. The summed E-state index contributed by atoms with van der Waals surface area (Å²) >= 11 is 0. The van der Waals surface area contributed by atoms with Crippen LogP contribution >= 0.6 is 0 Å². The predicted octanol–water partition coefficient (Wildman–Crippen LogP) is 6.30. The van der Waals surface area contributed by atoms with E-state index in [-0.39, 0.29) is 10.8 Å². The second-order valence-electron chi connectivity index (χ2n) is 9.12. The smallest absolute Gasteiger partial charge is 0.335 e. The van der Waals surface area contributed by atoms with E-state index < -0.39 is 5.97 Å². The fourth-order valence-corrected chi connectivity index (χ4v) is 4.12. The van der Waals surface area contributed by atoms with Gasteiger partial charge < -0.3 is 9.84 Å². The molecular formula is C25H30O3. The third kappa shape index (κ3) is 3.71. The molecule has 0 amide bonds. The van der Waals surface area contributed by atoms with E-state index >= 15 is 0 Å². The van der Waals surface area contributed by atoms with Gasteiger partial charge in [-0.2, -0.15) is 0 Å². The largest absolute Gasteiger partial charge is 0.496 e. The zero-order chi connectivity index (χ0) is 20.7. The Bertz CT molecular complexity index is 931. The summed E-state index contributed by atoms with van der Waals surface area (Å²) in [5.41, 5.74) is 6.51. The van der Waals surface area contributed by atoms with Gasteiger partial charge in [0.2, 0.25) is 0 Å². The monoisotopic (exact) mass is 378 g/mol. The van der Waals surface area contributed by atoms with Crippen LogP contribution in [0.2, 0.25) is 0 Å². The molecule has 28 heavy (non-hydrogen) atoms. The van der Waals surface area contributed by atoms with Crippen LogP contribution in [0.1, 0.15) is 80.1 Å². The molecule has 2 aromatic rings. The van der Waals surface area contributed by atoms with E-state index in [9.17, 15) is 4.79 Å². The highest BCUT2D eigenvalue weighted by atomic mass is 16.5. The first-order valence-corrected chi connectivity index (χ1v) is 9.80. The van der Waals surface area contributed by atoms with Gasteiger partial charge in [0.1, 0.15) is 5.75 Å². The summed E-state index contributed by atoms with van der Waals surface area (Å²) in [6, 6.07) is 11.5. The van der Waals surface area contributed by atoms with Gasteiger partial charge in [0.05, 0.1) is 12.7 Å². The number of rotatable bonds is 4. The topological polar surface area (TPSA) is 46.5 Å². The predicted molar refractivity (Wildman–Crippen MR) is 115 cm³/mol. The minimum absolute atomic E-state index is 0.134. The number of allylic oxidation sites excluding steroid dienone is 1. The Morgan fingerprint density at radius 1 is 1.00 bits per heavy atom. The molecule has 0 aliphatic heterocycles. The number of carboxylic acids is 1. The van der Waals surface area contributed by atoms with Crippen molar-refractivity contribution in [3.63, 3.8) is 0 Å². The maximum Gasteiger partial charge on any atom is 0.335 e. The normalized spacial score (nSPS) is 17.7. The molecule has 0 saturated carbocycles. The Kier molecular flexibility index (Phi) is 5.14. The minimum Gasteiger partial charge on any atom is -0.496 e. The van der Waals surface area contributed by atoms with Crippen LogP contribution in [0.5, 0.6) is 5.75 Å².